The predicted molar refractivity (Wildman–Crippen MR) is 71.9 cm³/mol. The molecule has 0 unspecified atom stereocenters. The second-order valence-corrected chi connectivity index (χ2v) is 6.09. The van der Waals surface area contributed by atoms with E-state index in [0.29, 0.717) is 24.2 Å². The second-order valence-electron chi connectivity index (χ2n) is 4.07. The summed E-state index contributed by atoms with van der Waals surface area (Å²) in [6, 6.07) is 4.07. The summed E-state index contributed by atoms with van der Waals surface area (Å²) in [7, 11) is -3.31. The highest BCUT2D eigenvalue weighted by Crippen LogP contribution is 2.27. The third kappa shape index (κ3) is 2.93. The topological polar surface area (TPSA) is 63.4 Å². The Morgan fingerprint density at radius 3 is 2.67 bits per heavy atom. The van der Waals surface area contributed by atoms with Crippen LogP contribution in [-0.4, -0.2) is 20.7 Å². The van der Waals surface area contributed by atoms with Gasteiger partial charge in [0.25, 0.3) is 0 Å². The molecule has 1 fully saturated rings. The summed E-state index contributed by atoms with van der Waals surface area (Å²) < 4.78 is 38.4. The number of nitrogens with zero attached hydrogens (tertiary/aromatic N) is 1. The van der Waals surface area contributed by atoms with Crippen LogP contribution in [0.2, 0.25) is 0 Å². The number of hydrogen-bond donors (Lipinski definition) is 1. The molecule has 0 amide bonds. The lowest BCUT2D eigenvalue weighted by Crippen LogP contribution is -2.38. The first kappa shape index (κ1) is 15.2. The molecule has 0 aromatic heterocycles. The molecule has 1 aromatic rings. The lowest BCUT2D eigenvalue weighted by molar-refractivity contribution is 0.573. The smallest absolute Gasteiger partial charge is 0.235 e. The Morgan fingerprint density at radius 2 is 2.06 bits per heavy atom. The summed E-state index contributed by atoms with van der Waals surface area (Å²) in [5, 5.41) is 0. The molecule has 2 rings (SSSR count). The molecule has 18 heavy (non-hydrogen) atoms. The summed E-state index contributed by atoms with van der Waals surface area (Å²) in [5.41, 5.74) is 6.58. The van der Waals surface area contributed by atoms with E-state index in [4.69, 9.17) is 5.73 Å². The first-order chi connectivity index (χ1) is 8.04. The van der Waals surface area contributed by atoms with Crippen molar-refractivity contribution in [2.45, 2.75) is 19.4 Å². The highest BCUT2D eigenvalue weighted by molar-refractivity contribution is 7.92. The number of halogens is 2. The Balaban J connectivity index is 0.00000162. The van der Waals surface area contributed by atoms with Crippen LogP contribution in [-0.2, 0) is 16.6 Å². The molecule has 102 valence electrons. The SMILES string of the molecule is Cl.NCc1ccc(F)cc1N1CCCCS1(=O)=O. The van der Waals surface area contributed by atoms with E-state index in [-0.39, 0.29) is 24.7 Å². The van der Waals surface area contributed by atoms with Crippen molar-refractivity contribution in [1.29, 1.82) is 0 Å². The fourth-order valence-corrected chi connectivity index (χ4v) is 3.67. The standard InChI is InChI=1S/C11H15FN2O2S.ClH/c12-10-4-3-9(8-13)11(7-10)14-5-1-2-6-17(14,15)16;/h3-4,7H,1-2,5-6,8,13H2;1H. The Labute approximate surface area is 112 Å². The zero-order valence-electron chi connectivity index (χ0n) is 9.80. The summed E-state index contributed by atoms with van der Waals surface area (Å²) in [6.45, 7) is 0.598. The summed E-state index contributed by atoms with van der Waals surface area (Å²) in [5.74, 6) is -0.328. The number of rotatable bonds is 2. The van der Waals surface area contributed by atoms with Gasteiger partial charge in [0, 0.05) is 13.1 Å². The molecule has 7 heteroatoms. The van der Waals surface area contributed by atoms with E-state index in [9.17, 15) is 12.8 Å². The molecule has 1 aliphatic rings. The Morgan fingerprint density at radius 1 is 1.33 bits per heavy atom. The van der Waals surface area contributed by atoms with Crippen LogP contribution in [0.15, 0.2) is 18.2 Å². The molecule has 2 N–H and O–H groups in total. The molecular weight excluding hydrogens is 279 g/mol. The molecular formula is C11H16ClFN2O2S. The molecule has 4 nitrogen and oxygen atoms in total. The third-order valence-electron chi connectivity index (χ3n) is 2.89. The number of nitrogens with two attached hydrogens (primary N) is 1. The van der Waals surface area contributed by atoms with Gasteiger partial charge in [0.2, 0.25) is 10.0 Å². The monoisotopic (exact) mass is 294 g/mol. The fraction of sp³-hybridized carbons (Fsp3) is 0.455. The van der Waals surface area contributed by atoms with E-state index in [1.165, 1.54) is 22.5 Å². The van der Waals surface area contributed by atoms with Gasteiger partial charge in [-0.15, -0.1) is 12.4 Å². The molecule has 0 spiro atoms. The number of benzene rings is 1. The zero-order valence-corrected chi connectivity index (χ0v) is 11.4. The van der Waals surface area contributed by atoms with E-state index < -0.39 is 15.8 Å². The van der Waals surface area contributed by atoms with Gasteiger partial charge in [-0.1, -0.05) is 6.07 Å². The lowest BCUT2D eigenvalue weighted by atomic mass is 10.1. The van der Waals surface area contributed by atoms with Gasteiger partial charge in [0.1, 0.15) is 5.82 Å². The first-order valence-electron chi connectivity index (χ1n) is 5.53. The van der Waals surface area contributed by atoms with Crippen LogP contribution in [0.1, 0.15) is 18.4 Å². The summed E-state index contributed by atoms with van der Waals surface area (Å²) >= 11 is 0. The van der Waals surface area contributed by atoms with Gasteiger partial charge in [0.15, 0.2) is 0 Å². The van der Waals surface area contributed by atoms with Crippen molar-refractivity contribution in [2.75, 3.05) is 16.6 Å². The van der Waals surface area contributed by atoms with E-state index in [0.717, 1.165) is 6.42 Å². The van der Waals surface area contributed by atoms with Crippen molar-refractivity contribution in [3.63, 3.8) is 0 Å². The number of sulfonamides is 1. The molecule has 0 radical (unpaired) electrons. The molecule has 1 aromatic carbocycles. The highest BCUT2D eigenvalue weighted by Gasteiger charge is 2.27. The second kappa shape index (κ2) is 5.86. The summed E-state index contributed by atoms with van der Waals surface area (Å²) in [6.07, 6.45) is 1.45. The Hall–Kier alpha value is -0.850. The van der Waals surface area contributed by atoms with E-state index in [2.05, 4.69) is 0 Å². The van der Waals surface area contributed by atoms with Crippen LogP contribution < -0.4 is 10.0 Å². The van der Waals surface area contributed by atoms with E-state index in [1.54, 1.807) is 0 Å². The van der Waals surface area contributed by atoms with Gasteiger partial charge < -0.3 is 5.73 Å². The number of hydrogen-bond acceptors (Lipinski definition) is 3. The van der Waals surface area contributed by atoms with Gasteiger partial charge in [-0.3, -0.25) is 4.31 Å². The van der Waals surface area contributed by atoms with Crippen LogP contribution >= 0.6 is 12.4 Å². The lowest BCUT2D eigenvalue weighted by Gasteiger charge is -2.29. The molecule has 1 aliphatic heterocycles. The normalized spacial score (nSPS) is 18.2. The van der Waals surface area contributed by atoms with Gasteiger partial charge in [-0.25, -0.2) is 12.8 Å². The van der Waals surface area contributed by atoms with E-state index in [1.807, 2.05) is 0 Å². The number of anilines is 1. The Kier molecular flexibility index (Phi) is 4.95. The zero-order chi connectivity index (χ0) is 12.5. The van der Waals surface area contributed by atoms with Crippen LogP contribution in [0, 0.1) is 5.82 Å². The van der Waals surface area contributed by atoms with Crippen LogP contribution in [0.4, 0.5) is 10.1 Å². The van der Waals surface area contributed by atoms with Crippen molar-refractivity contribution in [3.8, 4) is 0 Å². The molecule has 0 aliphatic carbocycles. The van der Waals surface area contributed by atoms with Crippen LogP contribution in [0.5, 0.6) is 0 Å². The van der Waals surface area contributed by atoms with Crippen LogP contribution in [0.25, 0.3) is 0 Å². The van der Waals surface area contributed by atoms with Crippen molar-refractivity contribution in [1.82, 2.24) is 0 Å². The van der Waals surface area contributed by atoms with Crippen molar-refractivity contribution in [2.24, 2.45) is 5.73 Å². The minimum absolute atomic E-state index is 0. The molecule has 1 heterocycles. The maximum Gasteiger partial charge on any atom is 0.235 e. The maximum absolute atomic E-state index is 13.2. The van der Waals surface area contributed by atoms with Gasteiger partial charge >= 0.3 is 0 Å². The van der Waals surface area contributed by atoms with Crippen molar-refractivity contribution >= 4 is 28.1 Å². The first-order valence-corrected chi connectivity index (χ1v) is 7.14. The fourth-order valence-electron chi connectivity index (χ4n) is 2.00. The largest absolute Gasteiger partial charge is 0.326 e. The third-order valence-corrected chi connectivity index (χ3v) is 4.74. The molecule has 1 saturated heterocycles. The van der Waals surface area contributed by atoms with Gasteiger partial charge in [-0.2, -0.15) is 0 Å². The van der Waals surface area contributed by atoms with E-state index >= 15 is 0 Å². The highest BCUT2D eigenvalue weighted by atomic mass is 35.5. The minimum atomic E-state index is -3.31. The molecule has 0 bridgehead atoms. The predicted octanol–water partition coefficient (Wildman–Crippen LogP) is 1.64. The van der Waals surface area contributed by atoms with Crippen molar-refractivity contribution in [3.05, 3.63) is 29.6 Å². The Bertz CT molecular complexity index is 522. The average molecular weight is 295 g/mol. The quantitative estimate of drug-likeness (QED) is 0.902. The van der Waals surface area contributed by atoms with Gasteiger partial charge in [-0.05, 0) is 30.5 Å². The maximum atomic E-state index is 13.2. The minimum Gasteiger partial charge on any atom is -0.326 e. The van der Waals surface area contributed by atoms with Gasteiger partial charge in [0.05, 0.1) is 11.4 Å². The molecule has 0 saturated carbocycles. The van der Waals surface area contributed by atoms with Crippen LogP contribution in [0.3, 0.4) is 0 Å². The summed E-state index contributed by atoms with van der Waals surface area (Å²) in [4.78, 5) is 0. The average Bonchev–Trinajstić information content (AvgIpc) is 2.28. The van der Waals surface area contributed by atoms with Crippen molar-refractivity contribution < 1.29 is 12.8 Å². The molecule has 0 atom stereocenters.